The number of fused-ring (bicyclic) bond motifs is 2. The summed E-state index contributed by atoms with van der Waals surface area (Å²) in [5, 5.41) is 6.21. The molecule has 0 spiro atoms. The number of nitrogens with one attached hydrogen (secondary N) is 2. The highest BCUT2D eigenvalue weighted by Gasteiger charge is 2.31. The molecule has 6 heteroatoms. The summed E-state index contributed by atoms with van der Waals surface area (Å²) in [6.45, 7) is 0.853. The van der Waals surface area contributed by atoms with Gasteiger partial charge in [0.05, 0.1) is 12.2 Å². The third-order valence-electron chi connectivity index (χ3n) is 5.06. The van der Waals surface area contributed by atoms with Gasteiger partial charge in [-0.1, -0.05) is 54.6 Å². The molecule has 156 valence electrons. The lowest BCUT2D eigenvalue weighted by Gasteiger charge is -2.20. The molecule has 0 radical (unpaired) electrons. The number of rotatable bonds is 8. The van der Waals surface area contributed by atoms with E-state index in [0.717, 1.165) is 5.69 Å². The molecule has 0 aliphatic heterocycles. The average molecular weight is 414 g/mol. The fourth-order valence-corrected chi connectivity index (χ4v) is 3.55. The highest BCUT2D eigenvalue weighted by Crippen LogP contribution is 2.31. The van der Waals surface area contributed by atoms with E-state index in [1.54, 1.807) is 42.5 Å². The average Bonchev–Trinajstić information content (AvgIpc) is 2.81. The molecule has 3 aromatic rings. The molecule has 0 saturated heterocycles. The van der Waals surface area contributed by atoms with Gasteiger partial charge < -0.3 is 15.4 Å². The first kappa shape index (κ1) is 20.3. The first-order valence-corrected chi connectivity index (χ1v) is 10.1. The summed E-state index contributed by atoms with van der Waals surface area (Å²) in [6, 6.07) is 21.5. The Balaban J connectivity index is 1.30. The predicted octanol–water partition coefficient (Wildman–Crippen LogP) is 3.92. The van der Waals surface area contributed by atoms with Crippen molar-refractivity contribution in [1.29, 1.82) is 0 Å². The zero-order valence-electron chi connectivity index (χ0n) is 16.9. The molecule has 6 nitrogen and oxygen atoms in total. The molecular weight excluding hydrogens is 392 g/mol. The molecule has 0 bridgehead atoms. The highest BCUT2D eigenvalue weighted by atomic mass is 16.5. The number of para-hydroxylation sites is 1. The lowest BCUT2D eigenvalue weighted by molar-refractivity contribution is -0.141. The second-order valence-electron chi connectivity index (χ2n) is 7.15. The van der Waals surface area contributed by atoms with E-state index in [4.69, 9.17) is 4.74 Å². The van der Waals surface area contributed by atoms with E-state index in [-0.39, 0.29) is 30.7 Å². The molecule has 2 N–H and O–H groups in total. The van der Waals surface area contributed by atoms with E-state index in [0.29, 0.717) is 40.9 Å². The van der Waals surface area contributed by atoms with Crippen molar-refractivity contribution in [2.75, 3.05) is 30.3 Å². The van der Waals surface area contributed by atoms with Crippen LogP contribution in [0.1, 0.15) is 38.3 Å². The maximum atomic E-state index is 13.0. The fourth-order valence-electron chi connectivity index (χ4n) is 3.55. The molecule has 1 aliphatic rings. The summed E-state index contributed by atoms with van der Waals surface area (Å²) in [4.78, 5) is 37.6. The number of ether oxygens (including phenoxy) is 1. The van der Waals surface area contributed by atoms with Crippen LogP contribution in [0, 0.1) is 0 Å². The Labute approximate surface area is 180 Å². The van der Waals surface area contributed by atoms with Crippen LogP contribution in [0.4, 0.5) is 11.4 Å². The minimum absolute atomic E-state index is 0.0969. The second-order valence-corrected chi connectivity index (χ2v) is 7.15. The van der Waals surface area contributed by atoms with Crippen molar-refractivity contribution in [3.05, 3.63) is 95.1 Å². The summed E-state index contributed by atoms with van der Waals surface area (Å²) >= 11 is 0. The molecule has 4 rings (SSSR count). The number of hydrogen-bond acceptors (Lipinski definition) is 6. The first-order valence-electron chi connectivity index (χ1n) is 10.1. The monoisotopic (exact) mass is 414 g/mol. The SMILES string of the molecule is O=C(CNc1ccccc1)OCCCNc1cccc2c1C(=O)c1ccccc1C2=O. The lowest BCUT2D eigenvalue weighted by atomic mass is 9.83. The van der Waals surface area contributed by atoms with E-state index in [2.05, 4.69) is 10.6 Å². The van der Waals surface area contributed by atoms with Gasteiger partial charge in [-0.15, -0.1) is 0 Å². The smallest absolute Gasteiger partial charge is 0.325 e. The number of esters is 1. The van der Waals surface area contributed by atoms with Crippen molar-refractivity contribution in [2.45, 2.75) is 6.42 Å². The molecule has 0 heterocycles. The molecule has 3 aromatic carbocycles. The van der Waals surface area contributed by atoms with Crippen LogP contribution in [-0.2, 0) is 9.53 Å². The largest absolute Gasteiger partial charge is 0.464 e. The van der Waals surface area contributed by atoms with E-state index < -0.39 is 0 Å². The number of carbonyl (C=O) groups excluding carboxylic acids is 3. The van der Waals surface area contributed by atoms with Gasteiger partial charge in [0.25, 0.3) is 0 Å². The zero-order chi connectivity index (χ0) is 21.6. The topological polar surface area (TPSA) is 84.5 Å². The third kappa shape index (κ3) is 4.48. The van der Waals surface area contributed by atoms with Gasteiger partial charge in [0.1, 0.15) is 6.54 Å². The van der Waals surface area contributed by atoms with Crippen molar-refractivity contribution in [1.82, 2.24) is 0 Å². The Hall–Kier alpha value is -3.93. The summed E-state index contributed by atoms with van der Waals surface area (Å²) in [7, 11) is 0. The van der Waals surface area contributed by atoms with Crippen LogP contribution in [0.15, 0.2) is 72.8 Å². The van der Waals surface area contributed by atoms with Gasteiger partial charge in [-0.05, 0) is 24.6 Å². The Kier molecular flexibility index (Phi) is 6.08. The van der Waals surface area contributed by atoms with Gasteiger partial charge in [-0.3, -0.25) is 14.4 Å². The van der Waals surface area contributed by atoms with E-state index in [1.165, 1.54) is 0 Å². The first-order chi connectivity index (χ1) is 15.1. The van der Waals surface area contributed by atoms with E-state index >= 15 is 0 Å². The molecule has 1 aliphatic carbocycles. The minimum Gasteiger partial charge on any atom is -0.464 e. The van der Waals surface area contributed by atoms with Crippen molar-refractivity contribution >= 4 is 28.9 Å². The van der Waals surface area contributed by atoms with Gasteiger partial charge in [0, 0.05) is 34.6 Å². The van der Waals surface area contributed by atoms with Crippen molar-refractivity contribution in [3.8, 4) is 0 Å². The molecule has 0 amide bonds. The van der Waals surface area contributed by atoms with Gasteiger partial charge in [0.15, 0.2) is 11.6 Å². The van der Waals surface area contributed by atoms with E-state index in [9.17, 15) is 14.4 Å². The van der Waals surface area contributed by atoms with Crippen LogP contribution in [-0.4, -0.2) is 37.2 Å². The molecule has 0 atom stereocenters. The van der Waals surface area contributed by atoms with Crippen LogP contribution in [0.25, 0.3) is 0 Å². The lowest BCUT2D eigenvalue weighted by Crippen LogP contribution is -2.23. The Morgan fingerprint density at radius 1 is 0.742 bits per heavy atom. The van der Waals surface area contributed by atoms with Gasteiger partial charge >= 0.3 is 5.97 Å². The molecule has 0 unspecified atom stereocenters. The normalized spacial score (nSPS) is 12.0. The Morgan fingerprint density at radius 2 is 1.42 bits per heavy atom. The standard InChI is InChI=1S/C25H22N2O4/c28-22(16-27-17-8-2-1-3-9-17)31-15-7-14-26-21-13-6-12-20-23(21)25(30)19-11-5-4-10-18(19)24(20)29/h1-6,8-13,26-27H,7,14-16H2. The van der Waals surface area contributed by atoms with Crippen molar-refractivity contribution in [3.63, 3.8) is 0 Å². The minimum atomic E-state index is -0.335. The number of anilines is 2. The predicted molar refractivity (Wildman–Crippen MR) is 119 cm³/mol. The van der Waals surface area contributed by atoms with Gasteiger partial charge in [-0.25, -0.2) is 0 Å². The van der Waals surface area contributed by atoms with Crippen LogP contribution in [0.5, 0.6) is 0 Å². The molecule has 31 heavy (non-hydrogen) atoms. The van der Waals surface area contributed by atoms with Crippen LogP contribution < -0.4 is 10.6 Å². The van der Waals surface area contributed by atoms with E-state index in [1.807, 2.05) is 30.3 Å². The maximum Gasteiger partial charge on any atom is 0.325 e. The van der Waals surface area contributed by atoms with Crippen molar-refractivity contribution in [2.24, 2.45) is 0 Å². The van der Waals surface area contributed by atoms with Crippen LogP contribution in [0.2, 0.25) is 0 Å². The fraction of sp³-hybridized carbons (Fsp3) is 0.160. The second kappa shape index (κ2) is 9.26. The number of benzene rings is 3. The van der Waals surface area contributed by atoms with Crippen LogP contribution in [0.3, 0.4) is 0 Å². The summed E-state index contributed by atoms with van der Waals surface area (Å²) < 4.78 is 5.24. The molecule has 0 aromatic heterocycles. The Morgan fingerprint density at radius 3 is 2.19 bits per heavy atom. The number of carbonyl (C=O) groups is 3. The number of hydrogen-bond donors (Lipinski definition) is 2. The summed E-state index contributed by atoms with van der Waals surface area (Å²) in [5.74, 6) is -0.640. The molecule has 0 saturated carbocycles. The highest BCUT2D eigenvalue weighted by molar-refractivity contribution is 6.30. The summed E-state index contributed by atoms with van der Waals surface area (Å²) in [5.41, 5.74) is 3.14. The maximum absolute atomic E-state index is 13.0. The Bertz CT molecular complexity index is 1130. The summed E-state index contributed by atoms with van der Waals surface area (Å²) in [6.07, 6.45) is 0.569. The zero-order valence-corrected chi connectivity index (χ0v) is 16.9. The molecular formula is C25H22N2O4. The molecule has 0 fully saturated rings. The van der Waals surface area contributed by atoms with Gasteiger partial charge in [-0.2, -0.15) is 0 Å². The van der Waals surface area contributed by atoms with Crippen molar-refractivity contribution < 1.29 is 19.1 Å². The van der Waals surface area contributed by atoms with Gasteiger partial charge in [0.2, 0.25) is 0 Å². The quantitative estimate of drug-likeness (QED) is 0.336. The third-order valence-corrected chi connectivity index (χ3v) is 5.06. The van der Waals surface area contributed by atoms with Crippen LogP contribution >= 0.6 is 0 Å². The number of ketones is 2.